The van der Waals surface area contributed by atoms with E-state index in [4.69, 9.17) is 10.2 Å². The first-order chi connectivity index (χ1) is 6.13. The fraction of sp³-hybridized carbons (Fsp3) is 0.125. The van der Waals surface area contributed by atoms with Gasteiger partial charge in [0.2, 0.25) is 0 Å². The molecule has 0 fully saturated rings. The summed E-state index contributed by atoms with van der Waals surface area (Å²) >= 11 is 0. The summed E-state index contributed by atoms with van der Waals surface area (Å²) < 4.78 is 0. The van der Waals surface area contributed by atoms with E-state index in [0.717, 1.165) is 0 Å². The monoisotopic (exact) mass is 183 g/mol. The molecule has 2 N–H and O–H groups in total. The lowest BCUT2D eigenvalue weighted by Crippen LogP contribution is -2.03. The summed E-state index contributed by atoms with van der Waals surface area (Å²) in [7, 11) is 0. The normalized spacial score (nSPS) is 8.00. The van der Waals surface area contributed by atoms with Gasteiger partial charge in [0.05, 0.1) is 0 Å². The molecule has 0 radical (unpaired) electrons. The number of carbonyl (C=O) groups is 2. The molecule has 0 aromatic carbocycles. The van der Waals surface area contributed by atoms with Gasteiger partial charge >= 0.3 is 11.9 Å². The Labute approximate surface area is 74.7 Å². The maximum Gasteiger partial charge on any atom is 0.314 e. The molecule has 70 valence electrons. The van der Waals surface area contributed by atoms with Crippen molar-refractivity contribution in [3.63, 3.8) is 0 Å². The summed E-state index contributed by atoms with van der Waals surface area (Å²) in [5.41, 5.74) is 0. The molecule has 1 aromatic rings. The first kappa shape index (κ1) is 11.1. The van der Waals surface area contributed by atoms with Gasteiger partial charge in [-0.2, -0.15) is 0 Å². The summed E-state index contributed by atoms with van der Waals surface area (Å²) in [6.45, 7) is 0. The molecule has 5 heteroatoms. The van der Waals surface area contributed by atoms with E-state index in [2.05, 4.69) is 4.98 Å². The van der Waals surface area contributed by atoms with E-state index >= 15 is 0 Å². The number of aliphatic carboxylic acids is 2. The Morgan fingerprint density at radius 2 is 1.46 bits per heavy atom. The minimum atomic E-state index is -1.31. The molecule has 0 aliphatic rings. The Morgan fingerprint density at radius 3 is 1.54 bits per heavy atom. The second-order valence-electron chi connectivity index (χ2n) is 1.99. The molecule has 0 saturated carbocycles. The zero-order valence-corrected chi connectivity index (χ0v) is 6.75. The minimum Gasteiger partial charge on any atom is -0.481 e. The summed E-state index contributed by atoms with van der Waals surface area (Å²) in [6.07, 6.45) is 2.69. The van der Waals surface area contributed by atoms with Crippen LogP contribution in [0.25, 0.3) is 0 Å². The van der Waals surface area contributed by atoms with Crippen LogP contribution in [-0.4, -0.2) is 27.1 Å². The Balaban J connectivity index is 0.000000223. The fourth-order valence-corrected chi connectivity index (χ4v) is 0.442. The van der Waals surface area contributed by atoms with Crippen molar-refractivity contribution in [1.82, 2.24) is 4.98 Å². The second-order valence-corrected chi connectivity index (χ2v) is 1.99. The third-order valence-corrected chi connectivity index (χ3v) is 0.869. The van der Waals surface area contributed by atoms with Gasteiger partial charge in [-0.1, -0.05) is 6.07 Å². The first-order valence-corrected chi connectivity index (χ1v) is 3.41. The number of carboxylic acids is 2. The molecule has 0 aliphatic heterocycles. The highest BCUT2D eigenvalue weighted by molar-refractivity contribution is 5.88. The van der Waals surface area contributed by atoms with E-state index in [-0.39, 0.29) is 0 Å². The quantitative estimate of drug-likeness (QED) is 0.656. The van der Waals surface area contributed by atoms with Crippen LogP contribution in [-0.2, 0) is 9.59 Å². The van der Waals surface area contributed by atoms with Crippen LogP contribution in [0.15, 0.2) is 30.6 Å². The maximum absolute atomic E-state index is 9.43. The van der Waals surface area contributed by atoms with Crippen LogP contribution in [0.3, 0.4) is 0 Å². The smallest absolute Gasteiger partial charge is 0.314 e. The van der Waals surface area contributed by atoms with Crippen LogP contribution in [0.5, 0.6) is 0 Å². The Hall–Kier alpha value is -1.91. The summed E-state index contributed by atoms with van der Waals surface area (Å²) in [5, 5.41) is 15.4. The van der Waals surface area contributed by atoms with Gasteiger partial charge in [-0.15, -0.1) is 0 Å². The standard InChI is InChI=1S/C5H5N.C3H4O4/c1-2-4-6-5-3-1;4-2(5)1-3(6)7/h1-5H;1H2,(H,4,5)(H,6,7). The molecule has 0 spiro atoms. The van der Waals surface area contributed by atoms with Gasteiger partial charge in [-0.3, -0.25) is 14.6 Å². The SMILES string of the molecule is O=C(O)CC(=O)O.c1ccncc1. The van der Waals surface area contributed by atoms with Crippen LogP contribution >= 0.6 is 0 Å². The predicted octanol–water partition coefficient (Wildman–Crippen LogP) is 0.627. The largest absolute Gasteiger partial charge is 0.481 e. The lowest BCUT2D eigenvalue weighted by Gasteiger charge is -1.80. The summed E-state index contributed by atoms with van der Waals surface area (Å²) in [5.74, 6) is -2.62. The van der Waals surface area contributed by atoms with Crippen molar-refractivity contribution in [2.75, 3.05) is 0 Å². The van der Waals surface area contributed by atoms with Crippen LogP contribution in [0.2, 0.25) is 0 Å². The van der Waals surface area contributed by atoms with E-state index in [1.807, 2.05) is 18.2 Å². The summed E-state index contributed by atoms with van der Waals surface area (Å²) in [6, 6.07) is 5.72. The summed E-state index contributed by atoms with van der Waals surface area (Å²) in [4.78, 5) is 22.6. The van der Waals surface area contributed by atoms with Crippen molar-refractivity contribution < 1.29 is 19.8 Å². The number of carboxylic acid groups (broad SMARTS) is 2. The average molecular weight is 183 g/mol. The molecule has 0 atom stereocenters. The van der Waals surface area contributed by atoms with Crippen molar-refractivity contribution in [2.45, 2.75) is 6.42 Å². The Bertz CT molecular complexity index is 221. The Morgan fingerprint density at radius 1 is 1.00 bits per heavy atom. The lowest BCUT2D eigenvalue weighted by molar-refractivity contribution is -0.147. The number of pyridine rings is 1. The molecule has 13 heavy (non-hydrogen) atoms. The highest BCUT2D eigenvalue weighted by Crippen LogP contribution is 1.74. The van der Waals surface area contributed by atoms with Gasteiger partial charge in [0.25, 0.3) is 0 Å². The van der Waals surface area contributed by atoms with Crippen molar-refractivity contribution >= 4 is 11.9 Å². The zero-order valence-electron chi connectivity index (χ0n) is 6.75. The van der Waals surface area contributed by atoms with Crippen LogP contribution < -0.4 is 0 Å². The van der Waals surface area contributed by atoms with Crippen molar-refractivity contribution in [3.05, 3.63) is 30.6 Å². The molecule has 0 saturated heterocycles. The molecular formula is C8H9NO4. The topological polar surface area (TPSA) is 87.5 Å². The minimum absolute atomic E-state index is 0.806. The molecule has 1 aromatic heterocycles. The number of hydrogen-bond acceptors (Lipinski definition) is 3. The highest BCUT2D eigenvalue weighted by atomic mass is 16.4. The van der Waals surface area contributed by atoms with Crippen LogP contribution in [0.1, 0.15) is 6.42 Å². The van der Waals surface area contributed by atoms with Crippen LogP contribution in [0, 0.1) is 0 Å². The van der Waals surface area contributed by atoms with Gasteiger partial charge in [0.1, 0.15) is 6.42 Å². The zero-order chi connectivity index (χ0) is 10.1. The first-order valence-electron chi connectivity index (χ1n) is 3.41. The third kappa shape index (κ3) is 10.1. The van der Waals surface area contributed by atoms with Crippen molar-refractivity contribution in [3.8, 4) is 0 Å². The third-order valence-electron chi connectivity index (χ3n) is 0.869. The second kappa shape index (κ2) is 6.78. The fourth-order valence-electron chi connectivity index (χ4n) is 0.442. The number of hydrogen-bond donors (Lipinski definition) is 2. The van der Waals surface area contributed by atoms with E-state index in [1.165, 1.54) is 0 Å². The van der Waals surface area contributed by atoms with Gasteiger partial charge < -0.3 is 10.2 Å². The maximum atomic E-state index is 9.43. The highest BCUT2D eigenvalue weighted by Gasteiger charge is 2.01. The Kier molecular flexibility index (Phi) is 5.78. The van der Waals surface area contributed by atoms with E-state index in [1.54, 1.807) is 12.4 Å². The van der Waals surface area contributed by atoms with Crippen molar-refractivity contribution in [2.24, 2.45) is 0 Å². The lowest BCUT2D eigenvalue weighted by atomic mass is 10.5. The molecule has 0 amide bonds. The molecule has 1 heterocycles. The molecule has 0 unspecified atom stereocenters. The van der Waals surface area contributed by atoms with Crippen LogP contribution in [0.4, 0.5) is 0 Å². The van der Waals surface area contributed by atoms with E-state index < -0.39 is 18.4 Å². The molecule has 1 rings (SSSR count). The number of aromatic nitrogens is 1. The van der Waals surface area contributed by atoms with Gasteiger partial charge in [0.15, 0.2) is 0 Å². The van der Waals surface area contributed by atoms with Gasteiger partial charge in [-0.25, -0.2) is 0 Å². The number of rotatable bonds is 2. The van der Waals surface area contributed by atoms with Crippen molar-refractivity contribution in [1.29, 1.82) is 0 Å². The average Bonchev–Trinajstić information content (AvgIpc) is 2.06. The predicted molar refractivity (Wildman–Crippen MR) is 44.1 cm³/mol. The van der Waals surface area contributed by atoms with Gasteiger partial charge in [-0.05, 0) is 12.1 Å². The molecule has 5 nitrogen and oxygen atoms in total. The van der Waals surface area contributed by atoms with E-state index in [9.17, 15) is 9.59 Å². The number of nitrogens with zero attached hydrogens (tertiary/aromatic N) is 1. The van der Waals surface area contributed by atoms with Gasteiger partial charge in [0, 0.05) is 12.4 Å². The molecular weight excluding hydrogens is 174 g/mol. The molecule has 0 bridgehead atoms. The molecule has 0 aliphatic carbocycles. The van der Waals surface area contributed by atoms with E-state index in [0.29, 0.717) is 0 Å².